The van der Waals surface area contributed by atoms with Gasteiger partial charge in [0, 0.05) is 12.1 Å². The second kappa shape index (κ2) is 14.6. The largest absolute Gasteiger partial charge is 0.493 e. The number of carbonyl (C=O) groups excluding carboxylic acids is 2. The Labute approximate surface area is 245 Å². The molecule has 0 aliphatic heterocycles. The Morgan fingerprint density at radius 2 is 1.59 bits per heavy atom. The molecule has 0 radical (unpaired) electrons. The molecule has 41 heavy (non-hydrogen) atoms. The predicted molar refractivity (Wildman–Crippen MR) is 161 cm³/mol. The molecular weight excluding hydrogens is 542 g/mol. The minimum absolute atomic E-state index is 0.373. The third kappa shape index (κ3) is 8.86. The van der Waals surface area contributed by atoms with Crippen molar-refractivity contribution >= 4 is 22.0 Å². The number of amides is 3. The van der Waals surface area contributed by atoms with Gasteiger partial charge in [-0.15, -0.1) is 0 Å². The van der Waals surface area contributed by atoms with Gasteiger partial charge in [0.05, 0.1) is 25.5 Å². The van der Waals surface area contributed by atoms with Gasteiger partial charge in [0.2, 0.25) is 10.0 Å². The normalized spacial score (nSPS) is 15.1. The van der Waals surface area contributed by atoms with Gasteiger partial charge in [-0.2, -0.15) is 0 Å². The fourth-order valence-corrected chi connectivity index (χ4v) is 5.90. The van der Waals surface area contributed by atoms with E-state index >= 15 is 0 Å². The van der Waals surface area contributed by atoms with Crippen molar-refractivity contribution < 1.29 is 27.5 Å². The van der Waals surface area contributed by atoms with E-state index in [0.29, 0.717) is 44.1 Å². The summed E-state index contributed by atoms with van der Waals surface area (Å²) in [6.45, 7) is 9.17. The summed E-state index contributed by atoms with van der Waals surface area (Å²) < 4.78 is 37.6. The molecule has 10 heteroatoms. The Hall–Kier alpha value is -3.27. The smallest absolute Gasteiger partial charge is 0.318 e. The van der Waals surface area contributed by atoms with Gasteiger partial charge in [-0.25, -0.2) is 13.2 Å². The lowest BCUT2D eigenvalue weighted by Gasteiger charge is -2.35. The maximum Gasteiger partial charge on any atom is 0.318 e. The third-order valence-corrected chi connectivity index (χ3v) is 8.17. The molecule has 0 saturated heterocycles. The molecule has 1 fully saturated rings. The van der Waals surface area contributed by atoms with Crippen LogP contribution in [0, 0.1) is 6.92 Å². The zero-order valence-electron chi connectivity index (χ0n) is 25.0. The fourth-order valence-electron chi connectivity index (χ4n) is 5.37. The number of rotatable bonds is 14. The van der Waals surface area contributed by atoms with Crippen LogP contribution in [0.25, 0.3) is 0 Å². The van der Waals surface area contributed by atoms with E-state index in [-0.39, 0.29) is 6.04 Å². The Balaban J connectivity index is 1.89. The average Bonchev–Trinajstić information content (AvgIpc) is 3.40. The van der Waals surface area contributed by atoms with Crippen molar-refractivity contribution in [2.24, 2.45) is 0 Å². The number of urea groups is 1. The summed E-state index contributed by atoms with van der Waals surface area (Å²) in [7, 11) is -3.78. The van der Waals surface area contributed by atoms with Gasteiger partial charge >= 0.3 is 6.03 Å². The van der Waals surface area contributed by atoms with E-state index in [0.717, 1.165) is 49.5 Å². The molecule has 2 N–H and O–H groups in total. The van der Waals surface area contributed by atoms with Crippen LogP contribution in [0.5, 0.6) is 11.5 Å². The molecular formula is C31H45N3O6S. The van der Waals surface area contributed by atoms with Crippen molar-refractivity contribution in [1.29, 1.82) is 0 Å². The van der Waals surface area contributed by atoms with E-state index in [9.17, 15) is 18.0 Å². The molecule has 3 amide bonds. The molecule has 0 bridgehead atoms. The van der Waals surface area contributed by atoms with E-state index in [1.807, 2.05) is 58.0 Å². The van der Waals surface area contributed by atoms with Crippen LogP contribution in [0.1, 0.15) is 82.0 Å². The Kier molecular flexibility index (Phi) is 11.5. The maximum atomic E-state index is 14.0. The quantitative estimate of drug-likeness (QED) is 0.291. The first-order chi connectivity index (χ1) is 19.5. The van der Waals surface area contributed by atoms with Gasteiger partial charge in [-0.05, 0) is 83.1 Å². The molecule has 2 aromatic rings. The van der Waals surface area contributed by atoms with Crippen molar-refractivity contribution in [3.05, 3.63) is 59.2 Å². The standard InChI is InChI=1S/C31H45N3O6S/c1-6-39-27-21-26(22-28(23(27)3)40-7-2)24(4)34(20-14-11-17-25-15-9-8-10-16-25)30(36)32-31(18-12-13-19-31)29(35)33-41(5,37)38/h8-10,15-16,21-22,24H,6-7,11-14,17-20H2,1-5H3,(H,32,36)(H,33,35). The second-order valence-electron chi connectivity index (χ2n) is 10.7. The van der Waals surface area contributed by atoms with Gasteiger partial charge in [0.1, 0.15) is 17.0 Å². The van der Waals surface area contributed by atoms with E-state index < -0.39 is 27.5 Å². The highest BCUT2D eigenvalue weighted by molar-refractivity contribution is 7.89. The number of sulfonamides is 1. The fraction of sp³-hybridized carbons (Fsp3) is 0.548. The molecule has 1 aliphatic carbocycles. The Morgan fingerprint density at radius 1 is 1.00 bits per heavy atom. The summed E-state index contributed by atoms with van der Waals surface area (Å²) >= 11 is 0. The first-order valence-electron chi connectivity index (χ1n) is 14.5. The minimum atomic E-state index is -3.78. The zero-order valence-corrected chi connectivity index (χ0v) is 25.8. The first kappa shape index (κ1) is 32.2. The van der Waals surface area contributed by atoms with Crippen LogP contribution in [-0.2, 0) is 21.2 Å². The van der Waals surface area contributed by atoms with Gasteiger partial charge in [-0.1, -0.05) is 43.2 Å². The van der Waals surface area contributed by atoms with E-state index in [1.165, 1.54) is 5.56 Å². The van der Waals surface area contributed by atoms with Gasteiger partial charge in [0.25, 0.3) is 5.91 Å². The Morgan fingerprint density at radius 3 is 2.12 bits per heavy atom. The number of benzene rings is 2. The van der Waals surface area contributed by atoms with Gasteiger partial charge in [0.15, 0.2) is 0 Å². The van der Waals surface area contributed by atoms with Crippen LogP contribution in [-0.4, -0.2) is 56.8 Å². The van der Waals surface area contributed by atoms with Crippen LogP contribution in [0.2, 0.25) is 0 Å². The van der Waals surface area contributed by atoms with Crippen LogP contribution in [0.3, 0.4) is 0 Å². The molecule has 1 aliphatic rings. The number of nitrogens with one attached hydrogen (secondary N) is 2. The first-order valence-corrected chi connectivity index (χ1v) is 16.4. The highest BCUT2D eigenvalue weighted by Gasteiger charge is 2.44. The number of unbranched alkanes of at least 4 members (excludes halogenated alkanes) is 1. The van der Waals surface area contributed by atoms with E-state index in [2.05, 4.69) is 22.2 Å². The van der Waals surface area contributed by atoms with Crippen LogP contribution >= 0.6 is 0 Å². The summed E-state index contributed by atoms with van der Waals surface area (Å²) in [5.41, 5.74) is 1.70. The summed E-state index contributed by atoms with van der Waals surface area (Å²) in [4.78, 5) is 28.8. The van der Waals surface area contributed by atoms with Gasteiger partial charge in [-0.3, -0.25) is 9.52 Å². The van der Waals surface area contributed by atoms with Gasteiger partial charge < -0.3 is 19.7 Å². The zero-order chi connectivity index (χ0) is 30.0. The summed E-state index contributed by atoms with van der Waals surface area (Å²) in [5, 5.41) is 2.96. The monoisotopic (exact) mass is 587 g/mol. The molecule has 226 valence electrons. The highest BCUT2D eigenvalue weighted by Crippen LogP contribution is 2.35. The number of hydrogen-bond donors (Lipinski definition) is 2. The molecule has 1 saturated carbocycles. The summed E-state index contributed by atoms with van der Waals surface area (Å²) in [5.74, 6) is 0.712. The molecule has 3 rings (SSSR count). The lowest BCUT2D eigenvalue weighted by atomic mass is 9.96. The molecule has 0 spiro atoms. The van der Waals surface area contributed by atoms with Crippen LogP contribution in [0.4, 0.5) is 4.79 Å². The molecule has 9 nitrogen and oxygen atoms in total. The van der Waals surface area contributed by atoms with Crippen molar-refractivity contribution in [2.45, 2.75) is 84.2 Å². The van der Waals surface area contributed by atoms with Crippen molar-refractivity contribution in [3.8, 4) is 11.5 Å². The number of hydrogen-bond acceptors (Lipinski definition) is 6. The number of aryl methyl sites for hydroxylation is 1. The number of carbonyl (C=O) groups is 2. The van der Waals surface area contributed by atoms with Crippen molar-refractivity contribution in [3.63, 3.8) is 0 Å². The summed E-state index contributed by atoms with van der Waals surface area (Å²) in [6, 6.07) is 13.3. The predicted octanol–water partition coefficient (Wildman–Crippen LogP) is 5.28. The van der Waals surface area contributed by atoms with Crippen LogP contribution in [0.15, 0.2) is 42.5 Å². The molecule has 1 atom stereocenters. The second-order valence-corrected chi connectivity index (χ2v) is 12.5. The van der Waals surface area contributed by atoms with E-state index in [1.54, 1.807) is 4.90 Å². The minimum Gasteiger partial charge on any atom is -0.493 e. The van der Waals surface area contributed by atoms with Crippen molar-refractivity contribution in [1.82, 2.24) is 14.9 Å². The third-order valence-electron chi connectivity index (χ3n) is 7.62. The SMILES string of the molecule is CCOc1cc(C(C)N(CCCCc2ccccc2)C(=O)NC2(C(=O)NS(C)(=O)=O)CCCC2)cc(OCC)c1C. The van der Waals surface area contributed by atoms with Crippen molar-refractivity contribution in [2.75, 3.05) is 26.0 Å². The molecule has 1 unspecified atom stereocenters. The molecule has 0 heterocycles. The molecule has 0 aromatic heterocycles. The average molecular weight is 588 g/mol. The maximum absolute atomic E-state index is 14.0. The van der Waals surface area contributed by atoms with E-state index in [4.69, 9.17) is 9.47 Å². The molecule has 2 aromatic carbocycles. The topological polar surface area (TPSA) is 114 Å². The summed E-state index contributed by atoms with van der Waals surface area (Å²) in [6.07, 6.45) is 5.65. The lowest BCUT2D eigenvalue weighted by molar-refractivity contribution is -0.125. The Bertz CT molecular complexity index is 1250. The lowest BCUT2D eigenvalue weighted by Crippen LogP contribution is -2.60. The number of ether oxygens (including phenoxy) is 2. The van der Waals surface area contributed by atoms with Crippen LogP contribution < -0.4 is 19.5 Å². The number of nitrogens with zero attached hydrogens (tertiary/aromatic N) is 1. The highest BCUT2D eigenvalue weighted by atomic mass is 32.2.